The molecule has 0 radical (unpaired) electrons. The van der Waals surface area contributed by atoms with Crippen molar-refractivity contribution < 1.29 is 4.79 Å². The summed E-state index contributed by atoms with van der Waals surface area (Å²) in [6.07, 6.45) is 0. The Morgan fingerprint density at radius 3 is 2.72 bits per heavy atom. The fourth-order valence-electron chi connectivity index (χ4n) is 1.47. The Labute approximate surface area is 117 Å². The standard InChI is InChI=1S/C12H16ClN3OS/c1-7(2)16-10(17)6-15-9-5-3-4-8(13)11(9)12(14)18/h3-5,7,15H,6H2,1-2H3,(H2,14,18)(H,16,17). The van der Waals surface area contributed by atoms with E-state index in [1.807, 2.05) is 13.8 Å². The van der Waals surface area contributed by atoms with Crippen LogP contribution in [0.2, 0.25) is 5.02 Å². The second kappa shape index (κ2) is 6.56. The average molecular weight is 286 g/mol. The molecular weight excluding hydrogens is 270 g/mol. The molecule has 1 amide bonds. The van der Waals surface area contributed by atoms with Gasteiger partial charge >= 0.3 is 0 Å². The smallest absolute Gasteiger partial charge is 0.239 e. The van der Waals surface area contributed by atoms with Crippen LogP contribution < -0.4 is 16.4 Å². The molecule has 18 heavy (non-hydrogen) atoms. The molecule has 0 aliphatic heterocycles. The molecule has 0 spiro atoms. The molecular formula is C12H16ClN3OS. The molecule has 6 heteroatoms. The van der Waals surface area contributed by atoms with Crippen LogP contribution in [0, 0.1) is 0 Å². The van der Waals surface area contributed by atoms with E-state index in [-0.39, 0.29) is 23.5 Å². The molecule has 0 saturated heterocycles. The molecule has 0 saturated carbocycles. The van der Waals surface area contributed by atoms with E-state index in [1.165, 1.54) is 0 Å². The molecule has 1 aromatic carbocycles. The van der Waals surface area contributed by atoms with Crippen LogP contribution in [-0.2, 0) is 4.79 Å². The zero-order chi connectivity index (χ0) is 13.7. The number of carbonyl (C=O) groups is 1. The van der Waals surface area contributed by atoms with E-state index in [4.69, 9.17) is 29.6 Å². The molecule has 0 heterocycles. The van der Waals surface area contributed by atoms with Crippen molar-refractivity contribution in [1.82, 2.24) is 5.32 Å². The summed E-state index contributed by atoms with van der Waals surface area (Å²) < 4.78 is 0. The van der Waals surface area contributed by atoms with E-state index < -0.39 is 0 Å². The number of rotatable bonds is 5. The van der Waals surface area contributed by atoms with Gasteiger partial charge < -0.3 is 16.4 Å². The molecule has 1 aromatic rings. The SMILES string of the molecule is CC(C)NC(=O)CNc1cccc(Cl)c1C(N)=S. The summed E-state index contributed by atoms with van der Waals surface area (Å²) in [4.78, 5) is 11.7. The van der Waals surface area contributed by atoms with E-state index >= 15 is 0 Å². The maximum atomic E-state index is 11.5. The lowest BCUT2D eigenvalue weighted by atomic mass is 10.1. The number of nitrogens with two attached hydrogens (primary N) is 1. The minimum atomic E-state index is -0.0983. The van der Waals surface area contributed by atoms with Crippen molar-refractivity contribution in [1.29, 1.82) is 0 Å². The summed E-state index contributed by atoms with van der Waals surface area (Å²) >= 11 is 11.0. The van der Waals surface area contributed by atoms with Crippen molar-refractivity contribution in [2.75, 3.05) is 11.9 Å². The molecule has 0 aromatic heterocycles. The monoisotopic (exact) mass is 285 g/mol. The molecule has 0 unspecified atom stereocenters. The van der Waals surface area contributed by atoms with E-state index in [1.54, 1.807) is 18.2 Å². The Kier molecular flexibility index (Phi) is 5.37. The van der Waals surface area contributed by atoms with Gasteiger partial charge in [-0.15, -0.1) is 0 Å². The normalized spacial score (nSPS) is 10.2. The van der Waals surface area contributed by atoms with Crippen LogP contribution in [0.5, 0.6) is 0 Å². The fraction of sp³-hybridized carbons (Fsp3) is 0.333. The Bertz CT molecular complexity index is 463. The van der Waals surface area contributed by atoms with Gasteiger partial charge in [-0.25, -0.2) is 0 Å². The van der Waals surface area contributed by atoms with Crippen molar-refractivity contribution >= 4 is 40.4 Å². The first-order valence-electron chi connectivity index (χ1n) is 5.53. The number of benzene rings is 1. The summed E-state index contributed by atoms with van der Waals surface area (Å²) in [7, 11) is 0. The van der Waals surface area contributed by atoms with E-state index in [9.17, 15) is 4.79 Å². The summed E-state index contributed by atoms with van der Waals surface area (Å²) in [5.74, 6) is -0.0983. The predicted octanol–water partition coefficient (Wildman–Crippen LogP) is 1.91. The van der Waals surface area contributed by atoms with E-state index in [2.05, 4.69) is 10.6 Å². The lowest BCUT2D eigenvalue weighted by molar-refractivity contribution is -0.119. The molecule has 0 aliphatic rings. The molecule has 0 atom stereocenters. The molecule has 1 rings (SSSR count). The molecule has 0 aliphatic carbocycles. The molecule has 98 valence electrons. The minimum absolute atomic E-state index is 0.0983. The van der Waals surface area contributed by atoms with Gasteiger partial charge in [0.1, 0.15) is 4.99 Å². The summed E-state index contributed by atoms with van der Waals surface area (Å²) in [5, 5.41) is 6.22. The number of halogens is 1. The van der Waals surface area contributed by atoms with Gasteiger partial charge in [0.15, 0.2) is 0 Å². The van der Waals surface area contributed by atoms with Gasteiger partial charge in [-0.05, 0) is 26.0 Å². The molecule has 0 bridgehead atoms. The number of carbonyl (C=O) groups excluding carboxylic acids is 1. The first-order chi connectivity index (χ1) is 8.41. The highest BCUT2D eigenvalue weighted by atomic mass is 35.5. The van der Waals surface area contributed by atoms with Crippen LogP contribution >= 0.6 is 23.8 Å². The largest absolute Gasteiger partial charge is 0.389 e. The van der Waals surface area contributed by atoms with Crippen molar-refractivity contribution in [3.8, 4) is 0 Å². The minimum Gasteiger partial charge on any atom is -0.389 e. The van der Waals surface area contributed by atoms with Crippen LogP contribution in [0.4, 0.5) is 5.69 Å². The van der Waals surface area contributed by atoms with Crippen molar-refractivity contribution in [3.05, 3.63) is 28.8 Å². The average Bonchev–Trinajstić information content (AvgIpc) is 2.24. The topological polar surface area (TPSA) is 67.2 Å². The zero-order valence-electron chi connectivity index (χ0n) is 10.3. The Morgan fingerprint density at radius 1 is 1.50 bits per heavy atom. The first kappa shape index (κ1) is 14.7. The fourth-order valence-corrected chi connectivity index (χ4v) is 2.02. The second-order valence-corrected chi connectivity index (χ2v) is 4.95. The highest BCUT2D eigenvalue weighted by Crippen LogP contribution is 2.23. The van der Waals surface area contributed by atoms with E-state index in [0.717, 1.165) is 0 Å². The van der Waals surface area contributed by atoms with E-state index in [0.29, 0.717) is 16.3 Å². The highest BCUT2D eigenvalue weighted by molar-refractivity contribution is 7.80. The number of amides is 1. The van der Waals surface area contributed by atoms with Crippen molar-refractivity contribution in [3.63, 3.8) is 0 Å². The van der Waals surface area contributed by atoms with Crippen LogP contribution in [-0.4, -0.2) is 23.5 Å². The third kappa shape index (κ3) is 4.16. The summed E-state index contributed by atoms with van der Waals surface area (Å²) in [6, 6.07) is 5.36. The zero-order valence-corrected chi connectivity index (χ0v) is 11.9. The molecule has 0 fully saturated rings. The van der Waals surface area contributed by atoms with Crippen LogP contribution in [0.1, 0.15) is 19.4 Å². The van der Waals surface area contributed by atoms with Gasteiger partial charge in [0.25, 0.3) is 0 Å². The first-order valence-corrected chi connectivity index (χ1v) is 6.32. The van der Waals surface area contributed by atoms with Crippen molar-refractivity contribution in [2.45, 2.75) is 19.9 Å². The van der Waals surface area contributed by atoms with Crippen LogP contribution in [0.3, 0.4) is 0 Å². The van der Waals surface area contributed by atoms with Gasteiger partial charge in [0.2, 0.25) is 5.91 Å². The van der Waals surface area contributed by atoms with Gasteiger partial charge in [-0.1, -0.05) is 29.9 Å². The maximum absolute atomic E-state index is 11.5. The quantitative estimate of drug-likeness (QED) is 0.723. The Morgan fingerprint density at radius 2 is 2.17 bits per heavy atom. The van der Waals surface area contributed by atoms with Crippen LogP contribution in [0.15, 0.2) is 18.2 Å². The van der Waals surface area contributed by atoms with Gasteiger partial charge in [-0.2, -0.15) is 0 Å². The summed E-state index contributed by atoms with van der Waals surface area (Å²) in [6.45, 7) is 3.95. The number of anilines is 1. The molecule has 4 nitrogen and oxygen atoms in total. The van der Waals surface area contributed by atoms with Gasteiger partial charge in [0.05, 0.1) is 17.1 Å². The maximum Gasteiger partial charge on any atom is 0.239 e. The highest BCUT2D eigenvalue weighted by Gasteiger charge is 2.10. The predicted molar refractivity (Wildman–Crippen MR) is 79.1 cm³/mol. The Balaban J connectivity index is 2.76. The number of hydrogen-bond donors (Lipinski definition) is 3. The lowest BCUT2D eigenvalue weighted by Gasteiger charge is -2.13. The second-order valence-electron chi connectivity index (χ2n) is 4.10. The van der Waals surface area contributed by atoms with Gasteiger partial charge in [0, 0.05) is 11.7 Å². The number of thiocarbonyl (C=S) groups is 1. The van der Waals surface area contributed by atoms with Gasteiger partial charge in [-0.3, -0.25) is 4.79 Å². The third-order valence-electron chi connectivity index (χ3n) is 2.15. The lowest BCUT2D eigenvalue weighted by Crippen LogP contribution is -2.35. The number of nitrogens with one attached hydrogen (secondary N) is 2. The summed E-state index contributed by atoms with van der Waals surface area (Å²) in [5.41, 5.74) is 6.83. The molecule has 4 N–H and O–H groups in total. The number of hydrogen-bond acceptors (Lipinski definition) is 3. The third-order valence-corrected chi connectivity index (χ3v) is 2.67. The Hall–Kier alpha value is -1.33. The van der Waals surface area contributed by atoms with Crippen LogP contribution in [0.25, 0.3) is 0 Å². The van der Waals surface area contributed by atoms with Crippen molar-refractivity contribution in [2.24, 2.45) is 5.73 Å².